The number of allylic oxidation sites excluding steroid dienone is 1. The molecule has 1 heterocycles. The van der Waals surface area contributed by atoms with E-state index in [1.807, 2.05) is 0 Å². The molecule has 0 amide bonds. The van der Waals surface area contributed by atoms with E-state index in [0.717, 1.165) is 12.5 Å². The molecule has 2 heteroatoms. The molecule has 0 saturated heterocycles. The summed E-state index contributed by atoms with van der Waals surface area (Å²) in [5.41, 5.74) is 3.30. The Bertz CT molecular complexity index is 302. The highest BCUT2D eigenvalue weighted by molar-refractivity contribution is 5.19. The van der Waals surface area contributed by atoms with Gasteiger partial charge in [-0.2, -0.15) is 0 Å². The smallest absolute Gasteiger partial charge is 0.0796 e. The second-order valence-electron chi connectivity index (χ2n) is 6.40. The first kappa shape index (κ1) is 12.5. The van der Waals surface area contributed by atoms with Gasteiger partial charge in [0.25, 0.3) is 0 Å². The third-order valence-electron chi connectivity index (χ3n) is 5.07. The van der Waals surface area contributed by atoms with E-state index in [9.17, 15) is 0 Å². The van der Waals surface area contributed by atoms with Crippen LogP contribution in [0.2, 0.25) is 0 Å². The van der Waals surface area contributed by atoms with Crippen molar-refractivity contribution in [3.8, 4) is 0 Å². The Labute approximate surface area is 112 Å². The van der Waals surface area contributed by atoms with Gasteiger partial charge >= 0.3 is 0 Å². The summed E-state index contributed by atoms with van der Waals surface area (Å²) in [5, 5.41) is 7.63. The van der Waals surface area contributed by atoms with Gasteiger partial charge in [-0.3, -0.25) is 5.32 Å². The third kappa shape index (κ3) is 2.90. The largest absolute Gasteiger partial charge is 0.373 e. The fraction of sp³-hybridized carbons (Fsp3) is 0.875. The van der Waals surface area contributed by atoms with Gasteiger partial charge in [-0.1, -0.05) is 32.1 Å². The molecule has 1 aliphatic heterocycles. The van der Waals surface area contributed by atoms with Gasteiger partial charge in [0.15, 0.2) is 0 Å². The molecule has 3 rings (SSSR count). The summed E-state index contributed by atoms with van der Waals surface area (Å²) in [5.74, 6) is 0.873. The lowest BCUT2D eigenvalue weighted by atomic mass is 9.85. The summed E-state index contributed by atoms with van der Waals surface area (Å²) in [6.07, 6.45) is 16.0. The summed E-state index contributed by atoms with van der Waals surface area (Å²) >= 11 is 0. The lowest BCUT2D eigenvalue weighted by Crippen LogP contribution is -2.52. The van der Waals surface area contributed by atoms with E-state index < -0.39 is 0 Å². The van der Waals surface area contributed by atoms with Crippen LogP contribution in [-0.2, 0) is 0 Å². The predicted octanol–water partition coefficient (Wildman–Crippen LogP) is 3.69. The molecule has 1 atom stereocenters. The number of nitrogens with one attached hydrogen (secondary N) is 2. The van der Waals surface area contributed by atoms with Gasteiger partial charge in [0, 0.05) is 12.2 Å². The Hall–Kier alpha value is -0.500. The maximum atomic E-state index is 3.86. The van der Waals surface area contributed by atoms with E-state index in [0.29, 0.717) is 6.17 Å². The van der Waals surface area contributed by atoms with E-state index in [4.69, 9.17) is 0 Å². The average molecular weight is 248 g/mol. The zero-order valence-corrected chi connectivity index (χ0v) is 11.6. The molecule has 2 N–H and O–H groups in total. The van der Waals surface area contributed by atoms with Crippen molar-refractivity contribution in [3.63, 3.8) is 0 Å². The van der Waals surface area contributed by atoms with Crippen LogP contribution in [0, 0.1) is 5.92 Å². The van der Waals surface area contributed by atoms with Crippen LogP contribution in [-0.4, -0.2) is 12.7 Å². The summed E-state index contributed by atoms with van der Waals surface area (Å²) in [7, 11) is 0. The summed E-state index contributed by atoms with van der Waals surface area (Å²) in [6.45, 7) is 1.16. The third-order valence-corrected chi connectivity index (χ3v) is 5.07. The molecule has 1 fully saturated rings. The molecule has 0 aromatic heterocycles. The van der Waals surface area contributed by atoms with E-state index in [-0.39, 0.29) is 0 Å². The zero-order valence-electron chi connectivity index (χ0n) is 11.6. The normalized spacial score (nSPS) is 31.2. The Morgan fingerprint density at radius 1 is 0.778 bits per heavy atom. The molecule has 18 heavy (non-hydrogen) atoms. The molecular weight excluding hydrogens is 220 g/mol. The van der Waals surface area contributed by atoms with Gasteiger partial charge in [-0.25, -0.2) is 0 Å². The summed E-state index contributed by atoms with van der Waals surface area (Å²) in [6, 6.07) is 0. The molecule has 0 aromatic rings. The van der Waals surface area contributed by atoms with Crippen molar-refractivity contribution in [1.82, 2.24) is 10.6 Å². The second kappa shape index (κ2) is 6.10. The van der Waals surface area contributed by atoms with E-state index in [2.05, 4.69) is 10.6 Å². The highest BCUT2D eigenvalue weighted by atomic mass is 15.2. The quantitative estimate of drug-likeness (QED) is 0.739. The molecule has 2 nitrogen and oxygen atoms in total. The maximum Gasteiger partial charge on any atom is 0.0796 e. The van der Waals surface area contributed by atoms with Crippen LogP contribution in [0.5, 0.6) is 0 Å². The molecule has 0 aromatic carbocycles. The predicted molar refractivity (Wildman–Crippen MR) is 76.2 cm³/mol. The van der Waals surface area contributed by atoms with Crippen LogP contribution in [0.1, 0.15) is 70.6 Å². The van der Waals surface area contributed by atoms with E-state index >= 15 is 0 Å². The number of hydrogen-bond acceptors (Lipinski definition) is 2. The fourth-order valence-electron chi connectivity index (χ4n) is 3.91. The van der Waals surface area contributed by atoms with Gasteiger partial charge in [0.05, 0.1) is 6.17 Å². The minimum atomic E-state index is 0.573. The van der Waals surface area contributed by atoms with Crippen LogP contribution in [0.25, 0.3) is 0 Å². The Morgan fingerprint density at radius 3 is 2.33 bits per heavy atom. The monoisotopic (exact) mass is 248 g/mol. The first-order chi connectivity index (χ1) is 8.93. The molecule has 0 bridgehead atoms. The first-order valence-corrected chi connectivity index (χ1v) is 8.14. The van der Waals surface area contributed by atoms with Crippen molar-refractivity contribution in [1.29, 1.82) is 0 Å². The van der Waals surface area contributed by atoms with Crippen molar-refractivity contribution < 1.29 is 0 Å². The lowest BCUT2D eigenvalue weighted by Gasteiger charge is -2.38. The highest BCUT2D eigenvalue weighted by Gasteiger charge is 2.27. The number of rotatable bonds is 1. The summed E-state index contributed by atoms with van der Waals surface area (Å²) in [4.78, 5) is 0. The standard InChI is InChI=1S/C16H28N2/c1-2-7-11-15-14(10-4-1)12-17-16(18-15)13-8-5-3-6-9-13/h13,16-18H,1-12H2. The Balaban J connectivity index is 1.64. The van der Waals surface area contributed by atoms with Crippen molar-refractivity contribution in [2.24, 2.45) is 5.92 Å². The van der Waals surface area contributed by atoms with E-state index in [1.165, 1.54) is 70.6 Å². The SMILES string of the molecule is C1CCCC2=C(CC1)CNC(C1CCCCC1)N2. The molecule has 3 aliphatic rings. The van der Waals surface area contributed by atoms with Crippen LogP contribution < -0.4 is 10.6 Å². The van der Waals surface area contributed by atoms with Crippen LogP contribution in [0.15, 0.2) is 11.3 Å². The van der Waals surface area contributed by atoms with Crippen LogP contribution >= 0.6 is 0 Å². The molecule has 1 unspecified atom stereocenters. The molecule has 2 aliphatic carbocycles. The topological polar surface area (TPSA) is 24.1 Å². The van der Waals surface area contributed by atoms with Gasteiger partial charge in [0.1, 0.15) is 0 Å². The molecule has 102 valence electrons. The first-order valence-electron chi connectivity index (χ1n) is 8.14. The molecule has 1 saturated carbocycles. The van der Waals surface area contributed by atoms with Crippen molar-refractivity contribution in [2.45, 2.75) is 76.8 Å². The Kier molecular flexibility index (Phi) is 4.24. The second-order valence-corrected chi connectivity index (χ2v) is 6.40. The molecule has 0 radical (unpaired) electrons. The van der Waals surface area contributed by atoms with Gasteiger partial charge in [0.2, 0.25) is 0 Å². The van der Waals surface area contributed by atoms with Crippen molar-refractivity contribution in [2.75, 3.05) is 6.54 Å². The maximum absolute atomic E-state index is 3.86. The van der Waals surface area contributed by atoms with Crippen molar-refractivity contribution >= 4 is 0 Å². The summed E-state index contributed by atoms with van der Waals surface area (Å²) < 4.78 is 0. The minimum Gasteiger partial charge on any atom is -0.373 e. The van der Waals surface area contributed by atoms with Crippen molar-refractivity contribution in [3.05, 3.63) is 11.3 Å². The van der Waals surface area contributed by atoms with E-state index in [1.54, 1.807) is 11.3 Å². The van der Waals surface area contributed by atoms with Crippen LogP contribution in [0.4, 0.5) is 0 Å². The molecular formula is C16H28N2. The van der Waals surface area contributed by atoms with Gasteiger partial charge < -0.3 is 5.32 Å². The average Bonchev–Trinajstić information content (AvgIpc) is 2.40. The molecule has 0 spiro atoms. The van der Waals surface area contributed by atoms with Gasteiger partial charge in [-0.15, -0.1) is 0 Å². The van der Waals surface area contributed by atoms with Crippen LogP contribution in [0.3, 0.4) is 0 Å². The zero-order chi connectivity index (χ0) is 12.2. The Morgan fingerprint density at radius 2 is 1.50 bits per heavy atom. The fourth-order valence-corrected chi connectivity index (χ4v) is 3.91. The lowest BCUT2D eigenvalue weighted by molar-refractivity contribution is 0.237. The highest BCUT2D eigenvalue weighted by Crippen LogP contribution is 2.30. The number of hydrogen-bond donors (Lipinski definition) is 2. The van der Waals surface area contributed by atoms with Gasteiger partial charge in [-0.05, 0) is 50.0 Å². The minimum absolute atomic E-state index is 0.573.